The maximum atomic E-state index is 13.3. The summed E-state index contributed by atoms with van der Waals surface area (Å²) in [5, 5.41) is 14.5. The molecule has 5 N–H and O–H groups in total. The number of hydrogen-bond donors (Lipinski definition) is 5. The molecule has 36 heavy (non-hydrogen) atoms. The summed E-state index contributed by atoms with van der Waals surface area (Å²) in [5.74, 6) is 1.57. The van der Waals surface area contributed by atoms with Crippen molar-refractivity contribution in [3.8, 4) is 11.5 Å². The van der Waals surface area contributed by atoms with Gasteiger partial charge in [0, 0.05) is 18.7 Å². The molecule has 1 atom stereocenters. The molecule has 9 heteroatoms. The average molecular weight is 487 g/mol. The van der Waals surface area contributed by atoms with E-state index >= 15 is 0 Å². The van der Waals surface area contributed by atoms with E-state index < -0.39 is 6.09 Å². The Kier molecular flexibility index (Phi) is 6.97. The van der Waals surface area contributed by atoms with Gasteiger partial charge in [-0.25, -0.2) is 14.8 Å². The first kappa shape index (κ1) is 23.6. The zero-order valence-electron chi connectivity index (χ0n) is 19.9. The second-order valence-electron chi connectivity index (χ2n) is 9.43. The monoisotopic (exact) mass is 486 g/mol. The van der Waals surface area contributed by atoms with Gasteiger partial charge in [0.1, 0.15) is 11.5 Å². The van der Waals surface area contributed by atoms with Crippen molar-refractivity contribution in [2.75, 3.05) is 6.54 Å². The van der Waals surface area contributed by atoms with Crippen molar-refractivity contribution in [1.82, 2.24) is 30.6 Å². The highest BCUT2D eigenvalue weighted by atomic mass is 16.4. The van der Waals surface area contributed by atoms with Gasteiger partial charge in [0.05, 0.1) is 17.1 Å². The number of carbonyl (C=O) groups excluding carboxylic acids is 1. The minimum absolute atomic E-state index is 0.0160. The van der Waals surface area contributed by atoms with Crippen LogP contribution < -0.4 is 10.6 Å². The number of nitrogens with zero attached hydrogens (tertiary/aromatic N) is 2. The predicted molar refractivity (Wildman–Crippen MR) is 136 cm³/mol. The lowest BCUT2D eigenvalue weighted by Crippen LogP contribution is -2.38. The van der Waals surface area contributed by atoms with E-state index in [0.717, 1.165) is 42.3 Å². The molecular formula is C27H30N6O3. The number of hydrogen-bond acceptors (Lipinski definition) is 4. The minimum atomic E-state index is -1.00. The molecule has 2 aromatic heterocycles. The smallest absolute Gasteiger partial charge is 0.404 e. The topological polar surface area (TPSA) is 136 Å². The van der Waals surface area contributed by atoms with Gasteiger partial charge < -0.3 is 25.7 Å². The molecule has 186 valence electrons. The van der Waals surface area contributed by atoms with E-state index in [4.69, 9.17) is 10.1 Å². The number of imidazole rings is 2. The van der Waals surface area contributed by atoms with Gasteiger partial charge in [-0.2, -0.15) is 0 Å². The van der Waals surface area contributed by atoms with Crippen molar-refractivity contribution in [3.63, 3.8) is 0 Å². The number of rotatable bonds is 8. The third kappa shape index (κ3) is 5.56. The lowest BCUT2D eigenvalue weighted by Gasteiger charge is -2.29. The van der Waals surface area contributed by atoms with Gasteiger partial charge in [-0.3, -0.25) is 4.79 Å². The van der Waals surface area contributed by atoms with Crippen LogP contribution >= 0.6 is 0 Å². The fraction of sp³-hybridized carbons (Fsp3) is 0.333. The Hall–Kier alpha value is -4.14. The maximum Gasteiger partial charge on any atom is 0.404 e. The van der Waals surface area contributed by atoms with Crippen LogP contribution in [-0.4, -0.2) is 43.6 Å². The fourth-order valence-corrected chi connectivity index (χ4v) is 4.93. The molecular weight excluding hydrogens is 456 g/mol. The van der Waals surface area contributed by atoms with Gasteiger partial charge in [-0.15, -0.1) is 0 Å². The largest absolute Gasteiger partial charge is 0.465 e. The molecule has 1 aliphatic carbocycles. The van der Waals surface area contributed by atoms with Crippen LogP contribution in [-0.2, 0) is 11.2 Å². The van der Waals surface area contributed by atoms with Crippen molar-refractivity contribution in [2.45, 2.75) is 38.1 Å². The number of amides is 2. The standard InChI is InChI=1S/C27H30N6O3/c34-26(19-12-10-18(11-13-19)15-29-27(35)36)33-22(14-17-6-2-1-3-7-17)24-28-16-23(32-24)25-30-20-8-4-5-9-21(20)31-25/h1-9,16,18-19,22,29H,10-15H2,(H,28,32)(H,30,31)(H,33,34)(H,35,36)/t18-,19-,22-/m0/s1. The van der Waals surface area contributed by atoms with E-state index in [1.807, 2.05) is 60.8 Å². The summed E-state index contributed by atoms with van der Waals surface area (Å²) < 4.78 is 0. The number of nitrogens with one attached hydrogen (secondary N) is 4. The average Bonchev–Trinajstić information content (AvgIpc) is 3.55. The van der Waals surface area contributed by atoms with Crippen LogP contribution in [0.15, 0.2) is 60.8 Å². The first-order valence-electron chi connectivity index (χ1n) is 12.4. The van der Waals surface area contributed by atoms with Crippen LogP contribution in [0.2, 0.25) is 0 Å². The summed E-state index contributed by atoms with van der Waals surface area (Å²) in [4.78, 5) is 40.0. The fourth-order valence-electron chi connectivity index (χ4n) is 4.93. The molecule has 0 saturated heterocycles. The van der Waals surface area contributed by atoms with E-state index in [0.29, 0.717) is 30.3 Å². The van der Waals surface area contributed by atoms with Crippen LogP contribution in [0.5, 0.6) is 0 Å². The predicted octanol–water partition coefficient (Wildman–Crippen LogP) is 4.43. The second-order valence-corrected chi connectivity index (χ2v) is 9.43. The molecule has 2 aromatic carbocycles. The van der Waals surface area contributed by atoms with Crippen molar-refractivity contribution in [1.29, 1.82) is 0 Å². The SMILES string of the molecule is O=C(O)NC[C@H]1CC[C@H](C(=O)N[C@@H](Cc2ccccc2)c2nc(-c3nc4ccccc4[nH]3)c[nH]2)CC1. The highest BCUT2D eigenvalue weighted by molar-refractivity contribution is 5.79. The number of H-pyrrole nitrogens is 2. The molecule has 5 rings (SSSR count). The van der Waals surface area contributed by atoms with Gasteiger partial charge in [0.2, 0.25) is 5.91 Å². The van der Waals surface area contributed by atoms with Crippen molar-refractivity contribution < 1.29 is 14.7 Å². The van der Waals surface area contributed by atoms with Gasteiger partial charge in [0.25, 0.3) is 0 Å². The maximum absolute atomic E-state index is 13.3. The van der Waals surface area contributed by atoms with Crippen LogP contribution in [0.3, 0.4) is 0 Å². The highest BCUT2D eigenvalue weighted by Gasteiger charge is 2.29. The van der Waals surface area contributed by atoms with Crippen LogP contribution in [0.25, 0.3) is 22.6 Å². The van der Waals surface area contributed by atoms with Gasteiger partial charge >= 0.3 is 6.09 Å². The number of carboxylic acid groups (broad SMARTS) is 1. The Balaban J connectivity index is 1.30. The molecule has 0 aliphatic heterocycles. The second kappa shape index (κ2) is 10.6. The molecule has 2 amide bonds. The summed E-state index contributed by atoms with van der Waals surface area (Å²) in [6.45, 7) is 0.442. The molecule has 2 heterocycles. The van der Waals surface area contributed by atoms with Crippen LogP contribution in [0.4, 0.5) is 4.79 Å². The van der Waals surface area contributed by atoms with E-state index in [1.165, 1.54) is 0 Å². The van der Waals surface area contributed by atoms with E-state index in [9.17, 15) is 9.59 Å². The third-order valence-electron chi connectivity index (χ3n) is 6.92. The molecule has 4 aromatic rings. The summed E-state index contributed by atoms with van der Waals surface area (Å²) in [6.07, 6.45) is 4.59. The number of carbonyl (C=O) groups is 2. The van der Waals surface area contributed by atoms with Crippen molar-refractivity contribution in [2.24, 2.45) is 11.8 Å². The Labute approximate surface area is 208 Å². The van der Waals surface area contributed by atoms with Crippen LogP contribution in [0.1, 0.15) is 43.1 Å². The highest BCUT2D eigenvalue weighted by Crippen LogP contribution is 2.30. The van der Waals surface area contributed by atoms with Gasteiger partial charge in [-0.05, 0) is 55.7 Å². The Bertz CT molecular complexity index is 1290. The van der Waals surface area contributed by atoms with Crippen LogP contribution in [0, 0.1) is 11.8 Å². The lowest BCUT2D eigenvalue weighted by molar-refractivity contribution is -0.127. The molecule has 0 radical (unpaired) electrons. The molecule has 1 saturated carbocycles. The summed E-state index contributed by atoms with van der Waals surface area (Å²) in [6, 6.07) is 17.6. The summed E-state index contributed by atoms with van der Waals surface area (Å²) >= 11 is 0. The van der Waals surface area contributed by atoms with E-state index in [1.54, 1.807) is 0 Å². The first-order chi connectivity index (χ1) is 17.5. The molecule has 0 spiro atoms. The number of aromatic nitrogens is 4. The summed E-state index contributed by atoms with van der Waals surface area (Å²) in [5.41, 5.74) is 3.62. The van der Waals surface area contributed by atoms with Crippen molar-refractivity contribution in [3.05, 3.63) is 72.2 Å². The van der Waals surface area contributed by atoms with E-state index in [2.05, 4.69) is 25.6 Å². The minimum Gasteiger partial charge on any atom is -0.465 e. The Morgan fingerprint density at radius 3 is 2.50 bits per heavy atom. The number of benzene rings is 2. The Morgan fingerprint density at radius 2 is 1.75 bits per heavy atom. The quantitative estimate of drug-likeness (QED) is 0.251. The molecule has 0 bridgehead atoms. The summed E-state index contributed by atoms with van der Waals surface area (Å²) in [7, 11) is 0. The van der Waals surface area contributed by atoms with Gasteiger partial charge in [-0.1, -0.05) is 42.5 Å². The number of aromatic amines is 2. The lowest BCUT2D eigenvalue weighted by atomic mass is 9.81. The molecule has 9 nitrogen and oxygen atoms in total. The number of para-hydroxylation sites is 2. The number of fused-ring (bicyclic) bond motifs is 1. The first-order valence-corrected chi connectivity index (χ1v) is 12.4. The zero-order chi connectivity index (χ0) is 24.9. The van der Waals surface area contributed by atoms with Gasteiger partial charge in [0.15, 0.2) is 5.82 Å². The van der Waals surface area contributed by atoms with E-state index in [-0.39, 0.29) is 23.8 Å². The molecule has 1 aliphatic rings. The van der Waals surface area contributed by atoms with Crippen molar-refractivity contribution >= 4 is 23.0 Å². The third-order valence-corrected chi connectivity index (χ3v) is 6.92. The normalized spacial score (nSPS) is 18.6. The Morgan fingerprint density at radius 1 is 1.00 bits per heavy atom. The zero-order valence-corrected chi connectivity index (χ0v) is 19.9. The molecule has 0 unspecified atom stereocenters. The molecule has 1 fully saturated rings.